The van der Waals surface area contributed by atoms with Crippen molar-refractivity contribution < 1.29 is 14.3 Å². The Morgan fingerprint density at radius 2 is 1.33 bits per heavy atom. The van der Waals surface area contributed by atoms with Crippen LogP contribution >= 0.6 is 11.8 Å². The number of ether oxygens (including phenoxy) is 1. The van der Waals surface area contributed by atoms with E-state index in [1.165, 1.54) is 13.0 Å². The third-order valence-corrected chi connectivity index (χ3v) is 5.09. The fraction of sp³-hybridized carbons (Fsp3) is 0.0833. The van der Waals surface area contributed by atoms with Crippen LogP contribution in [0.3, 0.4) is 0 Å². The molecule has 0 spiro atoms. The fourth-order valence-corrected chi connectivity index (χ4v) is 3.44. The Hall–Kier alpha value is -3.51. The first-order valence-electron chi connectivity index (χ1n) is 9.30. The lowest BCUT2D eigenvalue weighted by atomic mass is 10.2. The van der Waals surface area contributed by atoms with Crippen LogP contribution in [0.15, 0.2) is 88.7 Å². The highest BCUT2D eigenvalue weighted by atomic mass is 32.2. The van der Waals surface area contributed by atoms with Crippen molar-refractivity contribution in [2.45, 2.75) is 16.7 Å². The summed E-state index contributed by atoms with van der Waals surface area (Å²) in [5.74, 6) is 0.497. The number of rotatable bonds is 7. The molecule has 0 saturated carbocycles. The average molecular weight is 419 g/mol. The van der Waals surface area contributed by atoms with Crippen LogP contribution in [0, 0.1) is 0 Å². The molecule has 5 nitrogen and oxygen atoms in total. The van der Waals surface area contributed by atoms with Gasteiger partial charge in [-0.05, 0) is 72.3 Å². The van der Waals surface area contributed by atoms with Crippen molar-refractivity contribution in [1.29, 1.82) is 0 Å². The lowest BCUT2D eigenvalue weighted by Crippen LogP contribution is -2.07. The molecule has 0 aliphatic rings. The summed E-state index contributed by atoms with van der Waals surface area (Å²) in [5, 5.41) is 5.55. The molecule has 0 bridgehead atoms. The minimum absolute atomic E-state index is 0.119. The van der Waals surface area contributed by atoms with Crippen LogP contribution in [0.1, 0.15) is 12.5 Å². The molecule has 0 aromatic heterocycles. The number of nitrogens with one attached hydrogen (secondary N) is 2. The van der Waals surface area contributed by atoms with Crippen LogP contribution < -0.4 is 15.4 Å². The number of hydrogen-bond donors (Lipinski definition) is 2. The average Bonchev–Trinajstić information content (AvgIpc) is 2.75. The molecular formula is C24H22N2O3S. The van der Waals surface area contributed by atoms with Crippen molar-refractivity contribution >= 4 is 41.0 Å². The van der Waals surface area contributed by atoms with Gasteiger partial charge in [0.15, 0.2) is 0 Å². The van der Waals surface area contributed by atoms with Crippen LogP contribution in [0.5, 0.6) is 5.75 Å². The topological polar surface area (TPSA) is 67.4 Å². The first kappa shape index (κ1) is 21.2. The van der Waals surface area contributed by atoms with Crippen LogP contribution in [0.2, 0.25) is 0 Å². The second-order valence-electron chi connectivity index (χ2n) is 6.43. The predicted molar refractivity (Wildman–Crippen MR) is 122 cm³/mol. The van der Waals surface area contributed by atoms with Gasteiger partial charge in [0.05, 0.1) is 7.11 Å². The molecule has 152 valence electrons. The van der Waals surface area contributed by atoms with Crippen molar-refractivity contribution in [2.75, 3.05) is 17.7 Å². The number of anilines is 2. The van der Waals surface area contributed by atoms with E-state index in [0.717, 1.165) is 32.5 Å². The summed E-state index contributed by atoms with van der Waals surface area (Å²) in [4.78, 5) is 25.4. The molecule has 0 atom stereocenters. The number of carbonyl (C=O) groups excluding carboxylic acids is 2. The first-order valence-corrected chi connectivity index (χ1v) is 10.1. The Morgan fingerprint density at radius 3 is 1.90 bits per heavy atom. The summed E-state index contributed by atoms with van der Waals surface area (Å²) < 4.78 is 5.17. The number of methoxy groups -OCH3 is 1. The van der Waals surface area contributed by atoms with Crippen LogP contribution in [0.4, 0.5) is 11.4 Å². The molecule has 6 heteroatoms. The molecule has 0 radical (unpaired) electrons. The molecule has 0 aliphatic heterocycles. The number of hydrogen-bond acceptors (Lipinski definition) is 4. The summed E-state index contributed by atoms with van der Waals surface area (Å²) in [6.07, 6.45) is 3.20. The molecular weight excluding hydrogens is 396 g/mol. The largest absolute Gasteiger partial charge is 0.497 e. The number of benzene rings is 3. The fourth-order valence-electron chi connectivity index (χ4n) is 2.62. The van der Waals surface area contributed by atoms with E-state index in [1.807, 2.05) is 60.7 Å². The van der Waals surface area contributed by atoms with Gasteiger partial charge in [-0.2, -0.15) is 0 Å². The van der Waals surface area contributed by atoms with Crippen molar-refractivity contribution in [3.63, 3.8) is 0 Å². The molecule has 0 heterocycles. The summed E-state index contributed by atoms with van der Waals surface area (Å²) >= 11 is 1.64. The quantitative estimate of drug-likeness (QED) is 0.500. The third kappa shape index (κ3) is 6.53. The van der Waals surface area contributed by atoms with E-state index in [4.69, 9.17) is 4.74 Å². The highest BCUT2D eigenvalue weighted by molar-refractivity contribution is 7.99. The second-order valence-corrected chi connectivity index (χ2v) is 7.57. The van der Waals surface area contributed by atoms with Gasteiger partial charge in [-0.1, -0.05) is 23.9 Å². The molecule has 3 aromatic rings. The highest BCUT2D eigenvalue weighted by Crippen LogP contribution is 2.29. The molecule has 0 unspecified atom stereocenters. The van der Waals surface area contributed by atoms with Gasteiger partial charge in [-0.15, -0.1) is 0 Å². The molecule has 0 fully saturated rings. The molecule has 3 aromatic carbocycles. The van der Waals surface area contributed by atoms with Gasteiger partial charge in [0.1, 0.15) is 5.75 Å². The van der Waals surface area contributed by atoms with Crippen molar-refractivity contribution in [1.82, 2.24) is 0 Å². The molecule has 2 N–H and O–H groups in total. The zero-order valence-corrected chi connectivity index (χ0v) is 17.5. The first-order chi connectivity index (χ1) is 14.5. The number of amides is 2. The van der Waals surface area contributed by atoms with Gasteiger partial charge < -0.3 is 15.4 Å². The maximum Gasteiger partial charge on any atom is 0.248 e. The van der Waals surface area contributed by atoms with E-state index in [-0.39, 0.29) is 11.8 Å². The molecule has 0 aliphatic carbocycles. The maximum atomic E-state index is 12.2. The molecule has 0 saturated heterocycles. The summed E-state index contributed by atoms with van der Waals surface area (Å²) in [6, 6.07) is 22.8. The van der Waals surface area contributed by atoms with Gasteiger partial charge >= 0.3 is 0 Å². The zero-order valence-electron chi connectivity index (χ0n) is 16.7. The molecule has 2 amide bonds. The predicted octanol–water partition coefficient (Wildman–Crippen LogP) is 5.46. The van der Waals surface area contributed by atoms with Crippen molar-refractivity contribution in [3.8, 4) is 5.75 Å². The lowest BCUT2D eigenvalue weighted by molar-refractivity contribution is -0.114. The van der Waals surface area contributed by atoms with Gasteiger partial charge in [0.2, 0.25) is 11.8 Å². The minimum Gasteiger partial charge on any atom is -0.497 e. The Bertz CT molecular complexity index is 1030. The van der Waals surface area contributed by atoms with Crippen LogP contribution in [-0.2, 0) is 9.59 Å². The standard InChI is InChI=1S/C24H22N2O3S/c1-17(27)25-19-6-3-18(4-7-19)5-16-24(28)26-20-8-12-22(13-9-20)30-23-14-10-21(29-2)11-15-23/h3-16H,1-2H3,(H,25,27)(H,26,28)/b16-5+. The Kier molecular flexibility index (Phi) is 7.29. The van der Waals surface area contributed by atoms with E-state index in [0.29, 0.717) is 0 Å². The van der Waals surface area contributed by atoms with Crippen molar-refractivity contribution in [3.05, 3.63) is 84.4 Å². The zero-order chi connectivity index (χ0) is 21.3. The highest BCUT2D eigenvalue weighted by Gasteiger charge is 2.02. The monoisotopic (exact) mass is 418 g/mol. The van der Waals surface area contributed by atoms with Crippen molar-refractivity contribution in [2.24, 2.45) is 0 Å². The summed E-state index contributed by atoms with van der Waals surface area (Å²) in [5.41, 5.74) is 2.31. The minimum atomic E-state index is -0.212. The van der Waals surface area contributed by atoms with E-state index in [9.17, 15) is 9.59 Å². The van der Waals surface area contributed by atoms with Gasteiger partial charge in [0, 0.05) is 34.2 Å². The van der Waals surface area contributed by atoms with Crippen LogP contribution in [-0.4, -0.2) is 18.9 Å². The Labute approximate surface area is 180 Å². The maximum absolute atomic E-state index is 12.2. The summed E-state index contributed by atoms with van der Waals surface area (Å²) in [7, 11) is 1.65. The van der Waals surface area contributed by atoms with E-state index in [2.05, 4.69) is 10.6 Å². The Balaban J connectivity index is 1.53. The molecule has 3 rings (SSSR count). The van der Waals surface area contributed by atoms with Gasteiger partial charge in [0.25, 0.3) is 0 Å². The Morgan fingerprint density at radius 1 is 0.800 bits per heavy atom. The van der Waals surface area contributed by atoms with E-state index < -0.39 is 0 Å². The van der Waals surface area contributed by atoms with Gasteiger partial charge in [-0.3, -0.25) is 9.59 Å². The van der Waals surface area contributed by atoms with E-state index in [1.54, 1.807) is 37.1 Å². The number of carbonyl (C=O) groups is 2. The normalized spacial score (nSPS) is 10.6. The second kappa shape index (κ2) is 10.3. The SMILES string of the molecule is COc1ccc(Sc2ccc(NC(=O)/C=C/c3ccc(NC(C)=O)cc3)cc2)cc1. The lowest BCUT2D eigenvalue weighted by Gasteiger charge is -2.06. The smallest absolute Gasteiger partial charge is 0.248 e. The van der Waals surface area contributed by atoms with E-state index >= 15 is 0 Å². The molecule has 30 heavy (non-hydrogen) atoms. The van der Waals surface area contributed by atoms with Gasteiger partial charge in [-0.25, -0.2) is 0 Å². The van der Waals surface area contributed by atoms with Crippen LogP contribution in [0.25, 0.3) is 6.08 Å². The summed E-state index contributed by atoms with van der Waals surface area (Å²) in [6.45, 7) is 1.46. The third-order valence-electron chi connectivity index (χ3n) is 4.08.